The van der Waals surface area contributed by atoms with Gasteiger partial charge in [-0.05, 0) is 42.1 Å². The molecule has 166 valence electrons. The lowest BCUT2D eigenvalue weighted by Crippen LogP contribution is -2.61. The van der Waals surface area contributed by atoms with Crippen LogP contribution in [0.2, 0.25) is 5.02 Å². The zero-order valence-corrected chi connectivity index (χ0v) is 18.6. The van der Waals surface area contributed by atoms with Crippen molar-refractivity contribution in [2.75, 3.05) is 11.9 Å². The molecule has 9 nitrogen and oxygen atoms in total. The van der Waals surface area contributed by atoms with Gasteiger partial charge in [0.1, 0.15) is 11.6 Å². The molecule has 1 unspecified atom stereocenters. The second kappa shape index (κ2) is 8.18. The molecule has 0 spiro atoms. The Morgan fingerprint density at radius 2 is 2.13 bits per heavy atom. The predicted octanol–water partition coefficient (Wildman–Crippen LogP) is 0.698. The molecule has 0 radical (unpaired) electrons. The zero-order chi connectivity index (χ0) is 22.3. The van der Waals surface area contributed by atoms with E-state index in [1.165, 1.54) is 18.8 Å². The molecule has 2 heterocycles. The lowest BCUT2D eigenvalue weighted by atomic mass is 9.45. The van der Waals surface area contributed by atoms with Crippen molar-refractivity contribution in [1.29, 1.82) is 0 Å². The molecule has 0 aromatic carbocycles. The number of aromatic nitrogens is 2. The molecule has 1 aliphatic heterocycles. The first-order chi connectivity index (χ1) is 14.7. The Balaban J connectivity index is 1.37. The Kier molecular flexibility index (Phi) is 5.72. The Morgan fingerprint density at radius 3 is 2.81 bits per heavy atom. The Hall–Kier alpha value is -2.55. The van der Waals surface area contributed by atoms with Crippen molar-refractivity contribution in [1.82, 2.24) is 15.1 Å². The maximum atomic E-state index is 12.6. The maximum absolute atomic E-state index is 12.6. The summed E-state index contributed by atoms with van der Waals surface area (Å²) in [5.41, 5.74) is 0.355. The molecule has 10 heteroatoms. The summed E-state index contributed by atoms with van der Waals surface area (Å²) in [7, 11) is 0. The first-order valence-electron chi connectivity index (χ1n) is 10.6. The first kappa shape index (κ1) is 21.7. The van der Waals surface area contributed by atoms with Crippen LogP contribution in [-0.2, 0) is 16.1 Å². The van der Waals surface area contributed by atoms with Gasteiger partial charge in [-0.25, -0.2) is 4.68 Å². The monoisotopic (exact) mass is 447 g/mol. The van der Waals surface area contributed by atoms with Gasteiger partial charge in [-0.1, -0.05) is 32.4 Å². The van der Waals surface area contributed by atoms with Crippen molar-refractivity contribution in [3.05, 3.63) is 33.8 Å². The predicted molar refractivity (Wildman–Crippen MR) is 114 cm³/mol. The lowest BCUT2D eigenvalue weighted by molar-refractivity contribution is -0.454. The molecular weight excluding hydrogens is 420 g/mol. The number of amides is 2. The van der Waals surface area contributed by atoms with Crippen molar-refractivity contribution in [2.24, 2.45) is 34.2 Å². The number of hydrogen-bond acceptors (Lipinski definition) is 5. The van der Waals surface area contributed by atoms with E-state index < -0.39 is 17.4 Å². The smallest absolute Gasteiger partial charge is 0.317 e. The van der Waals surface area contributed by atoms with Crippen molar-refractivity contribution in [3.8, 4) is 0 Å². The van der Waals surface area contributed by atoms with Crippen LogP contribution in [0.3, 0.4) is 0 Å². The van der Waals surface area contributed by atoms with Crippen LogP contribution in [0, 0.1) is 29.1 Å². The summed E-state index contributed by atoms with van der Waals surface area (Å²) in [6.45, 7) is 6.75. The number of anilines is 1. The van der Waals surface area contributed by atoms with E-state index in [0.717, 1.165) is 11.1 Å². The molecule has 0 saturated heterocycles. The van der Waals surface area contributed by atoms with Crippen molar-refractivity contribution >= 4 is 29.1 Å². The third-order valence-electron chi connectivity index (χ3n) is 7.39. The molecule has 2 bridgehead atoms. The van der Waals surface area contributed by atoms with Crippen molar-refractivity contribution in [3.63, 3.8) is 0 Å². The third-order valence-corrected chi connectivity index (χ3v) is 7.75. The molecule has 5 atom stereocenters. The molecule has 5 rings (SSSR count). The number of fused-ring (bicyclic) bond motifs is 2. The number of nitrogens with one attached hydrogen (secondary N) is 3. The number of carbonyl (C=O) groups excluding carboxylic acids is 2. The molecular formula is C21H28ClN6O3+. The lowest BCUT2D eigenvalue weighted by Gasteiger charge is -2.62. The van der Waals surface area contributed by atoms with Crippen LogP contribution in [0.15, 0.2) is 28.4 Å². The standard InChI is InChI=1S/C21H27ClN6O3/c1-11-14-6-13(21(14,2)3)7-15(11)26-16-9-25-28(20(31)18(16)22)10-17(29)23-8-12-4-5-24-27-19(12)30/h4-5,9,11-15,26H,6-8,10H2,1-3H3,(H,23,29)/p+1/t11-,12?,13+,14-,15-/m1/s1. The van der Waals surface area contributed by atoms with E-state index in [0.29, 0.717) is 28.9 Å². The van der Waals surface area contributed by atoms with Gasteiger partial charge in [0, 0.05) is 17.7 Å². The van der Waals surface area contributed by atoms with Crippen molar-refractivity contribution < 1.29 is 14.7 Å². The highest BCUT2D eigenvalue weighted by atomic mass is 35.5. The fraction of sp³-hybridized carbons (Fsp3) is 0.619. The SMILES string of the molecule is C[C@@H]1[C@H]2C[C@@H](C[C@H]1Nc1cnn(CC(=O)NCC3C=C[NH+]=NC3=O)c(=O)c1Cl)C2(C)C. The molecule has 1 aromatic rings. The van der Waals surface area contributed by atoms with Crippen LogP contribution < -0.4 is 21.3 Å². The number of rotatable bonds is 6. The van der Waals surface area contributed by atoms with E-state index in [1.807, 2.05) is 0 Å². The second-order valence-corrected chi connectivity index (χ2v) is 9.77. The van der Waals surface area contributed by atoms with Crippen molar-refractivity contribution in [2.45, 2.75) is 46.2 Å². The highest BCUT2D eigenvalue weighted by molar-refractivity contribution is 6.32. The van der Waals surface area contributed by atoms with Gasteiger partial charge in [0.15, 0.2) is 6.20 Å². The van der Waals surface area contributed by atoms with Gasteiger partial charge in [-0.2, -0.15) is 5.10 Å². The van der Waals surface area contributed by atoms with Gasteiger partial charge in [0.05, 0.1) is 17.8 Å². The number of carbonyl (C=O) groups is 2. The minimum atomic E-state index is -0.529. The van der Waals surface area contributed by atoms with E-state index in [4.69, 9.17) is 11.6 Å². The highest BCUT2D eigenvalue weighted by Crippen LogP contribution is 2.61. The van der Waals surface area contributed by atoms with Crippen LogP contribution in [0.1, 0.15) is 33.6 Å². The number of halogens is 1. The van der Waals surface area contributed by atoms with E-state index in [-0.39, 0.29) is 30.1 Å². The van der Waals surface area contributed by atoms with Gasteiger partial charge >= 0.3 is 5.91 Å². The molecule has 3 fully saturated rings. The fourth-order valence-corrected chi connectivity index (χ4v) is 5.42. The quantitative estimate of drug-likeness (QED) is 0.593. The minimum Gasteiger partial charge on any atom is -0.379 e. The first-order valence-corrected chi connectivity index (χ1v) is 11.0. The topological polar surface area (TPSA) is 119 Å². The number of nitrogens with zero attached hydrogens (tertiary/aromatic N) is 3. The average Bonchev–Trinajstić information content (AvgIpc) is 2.73. The van der Waals surface area contributed by atoms with E-state index >= 15 is 0 Å². The Morgan fingerprint density at radius 1 is 1.35 bits per heavy atom. The zero-order valence-electron chi connectivity index (χ0n) is 17.9. The van der Waals surface area contributed by atoms with Crippen LogP contribution in [0.4, 0.5) is 5.69 Å². The van der Waals surface area contributed by atoms with Gasteiger partial charge in [-0.15, -0.1) is 5.11 Å². The summed E-state index contributed by atoms with van der Waals surface area (Å²) in [4.78, 5) is 36.5. The number of hydrogen-bond donors (Lipinski definition) is 3. The summed E-state index contributed by atoms with van der Waals surface area (Å²) in [5, 5.41) is 16.2. The second-order valence-electron chi connectivity index (χ2n) is 9.39. The van der Waals surface area contributed by atoms with Crippen LogP contribution >= 0.6 is 11.6 Å². The maximum Gasteiger partial charge on any atom is 0.317 e. The summed E-state index contributed by atoms with van der Waals surface area (Å²) in [6.07, 6.45) is 6.97. The Bertz CT molecular complexity index is 1020. The molecule has 1 aromatic heterocycles. The summed E-state index contributed by atoms with van der Waals surface area (Å²) in [5.74, 6) is 0.482. The van der Waals surface area contributed by atoms with E-state index in [2.05, 4.69) is 46.7 Å². The summed E-state index contributed by atoms with van der Waals surface area (Å²) in [6, 6.07) is 0.246. The summed E-state index contributed by atoms with van der Waals surface area (Å²) >= 11 is 6.33. The Labute approximate surface area is 185 Å². The average molecular weight is 448 g/mol. The summed E-state index contributed by atoms with van der Waals surface area (Å²) < 4.78 is 1.03. The van der Waals surface area contributed by atoms with E-state index in [1.54, 1.807) is 6.08 Å². The highest BCUT2D eigenvalue weighted by Gasteiger charge is 2.56. The van der Waals surface area contributed by atoms with Crippen LogP contribution in [0.25, 0.3) is 0 Å². The number of azo groups is 1. The normalized spacial score (nSPS) is 30.6. The largest absolute Gasteiger partial charge is 0.379 e. The van der Waals surface area contributed by atoms with Crippen LogP contribution in [0.5, 0.6) is 0 Å². The molecule has 3 aliphatic carbocycles. The minimum absolute atomic E-state index is 0.0313. The molecule has 3 N–H and O–H groups in total. The fourth-order valence-electron chi connectivity index (χ4n) is 5.21. The molecule has 31 heavy (non-hydrogen) atoms. The van der Waals surface area contributed by atoms with Gasteiger partial charge < -0.3 is 10.6 Å². The molecule has 2 amide bonds. The van der Waals surface area contributed by atoms with E-state index in [9.17, 15) is 14.4 Å². The van der Waals surface area contributed by atoms with Crippen LogP contribution in [-0.4, -0.2) is 34.2 Å². The van der Waals surface area contributed by atoms with Gasteiger partial charge in [0.2, 0.25) is 5.91 Å². The molecule has 3 saturated carbocycles. The molecule has 4 aliphatic rings. The third kappa shape index (κ3) is 4.03. The van der Waals surface area contributed by atoms with Gasteiger partial charge in [0.25, 0.3) is 5.56 Å². The van der Waals surface area contributed by atoms with Gasteiger partial charge in [-0.3, -0.25) is 14.4 Å².